The molecule has 1 amide bonds. The Bertz CT molecular complexity index is 908. The van der Waals surface area contributed by atoms with Crippen LogP contribution in [0.15, 0.2) is 6.33 Å². The van der Waals surface area contributed by atoms with E-state index in [9.17, 15) is 13.2 Å². The van der Waals surface area contributed by atoms with Gasteiger partial charge in [0.1, 0.15) is 17.0 Å². The monoisotopic (exact) mass is 396 g/mol. The van der Waals surface area contributed by atoms with Crippen molar-refractivity contribution in [2.45, 2.75) is 33.1 Å². The predicted molar refractivity (Wildman–Crippen MR) is 105 cm³/mol. The van der Waals surface area contributed by atoms with Gasteiger partial charge in [-0.15, -0.1) is 11.3 Å². The van der Waals surface area contributed by atoms with Gasteiger partial charge in [0, 0.05) is 13.1 Å². The summed E-state index contributed by atoms with van der Waals surface area (Å²) in [5.41, 5.74) is 0.862. The van der Waals surface area contributed by atoms with Crippen molar-refractivity contribution in [1.29, 1.82) is 0 Å². The summed E-state index contributed by atoms with van der Waals surface area (Å²) >= 11 is 1.36. The third-order valence-corrected chi connectivity index (χ3v) is 7.67. The number of carbonyl (C=O) groups excluding carboxylic acids is 1. The van der Waals surface area contributed by atoms with E-state index in [0.717, 1.165) is 28.6 Å². The molecule has 9 heteroatoms. The van der Waals surface area contributed by atoms with Gasteiger partial charge >= 0.3 is 0 Å². The average Bonchev–Trinajstić information content (AvgIpc) is 3.13. The molecule has 1 atom stereocenters. The van der Waals surface area contributed by atoms with E-state index in [0.29, 0.717) is 30.2 Å². The van der Waals surface area contributed by atoms with Crippen molar-refractivity contribution in [1.82, 2.24) is 15.3 Å². The molecule has 2 aromatic rings. The quantitative estimate of drug-likeness (QED) is 0.697. The minimum Gasteiger partial charge on any atom is -0.369 e. The molecule has 2 aromatic heterocycles. The lowest BCUT2D eigenvalue weighted by atomic mass is 10.1. The molecule has 26 heavy (non-hydrogen) atoms. The van der Waals surface area contributed by atoms with Crippen LogP contribution in [0, 0.1) is 12.8 Å². The Labute approximate surface area is 157 Å². The molecular weight excluding hydrogens is 372 g/mol. The molecule has 1 fully saturated rings. The van der Waals surface area contributed by atoms with Crippen molar-refractivity contribution in [3.8, 4) is 0 Å². The molecule has 0 aliphatic carbocycles. The van der Waals surface area contributed by atoms with Gasteiger partial charge in [-0.3, -0.25) is 4.79 Å². The molecule has 0 saturated carbocycles. The molecule has 1 aliphatic heterocycles. The number of hydrogen-bond donors (Lipinski definition) is 2. The van der Waals surface area contributed by atoms with Gasteiger partial charge in [0.15, 0.2) is 9.84 Å². The van der Waals surface area contributed by atoms with Gasteiger partial charge in [0.25, 0.3) is 5.91 Å². The Kier molecular flexibility index (Phi) is 5.76. The number of hydrogen-bond acceptors (Lipinski definition) is 7. The molecule has 1 saturated heterocycles. The lowest BCUT2D eigenvalue weighted by Crippen LogP contribution is -2.24. The summed E-state index contributed by atoms with van der Waals surface area (Å²) in [7, 11) is -2.89. The number of sulfone groups is 1. The minimum absolute atomic E-state index is 0.0770. The Morgan fingerprint density at radius 3 is 2.88 bits per heavy atom. The molecule has 3 rings (SSSR count). The summed E-state index contributed by atoms with van der Waals surface area (Å²) in [6.45, 7) is 5.21. The fraction of sp³-hybridized carbons (Fsp3) is 0.588. The molecular formula is C17H24N4O3S2. The van der Waals surface area contributed by atoms with Crippen LogP contribution in [0.4, 0.5) is 5.82 Å². The fourth-order valence-electron chi connectivity index (χ4n) is 3.16. The molecule has 0 aromatic carbocycles. The van der Waals surface area contributed by atoms with Gasteiger partial charge in [0.05, 0.1) is 21.8 Å². The number of fused-ring (bicyclic) bond motifs is 1. The maximum Gasteiger partial charge on any atom is 0.261 e. The summed E-state index contributed by atoms with van der Waals surface area (Å²) in [5.74, 6) is 1.17. The Balaban J connectivity index is 1.78. The van der Waals surface area contributed by atoms with Crippen LogP contribution in [0.3, 0.4) is 0 Å². The van der Waals surface area contributed by atoms with E-state index >= 15 is 0 Å². The number of thiophene rings is 1. The maximum absolute atomic E-state index is 12.4. The van der Waals surface area contributed by atoms with Crippen LogP contribution < -0.4 is 10.6 Å². The molecule has 0 bridgehead atoms. The first-order valence-electron chi connectivity index (χ1n) is 8.88. The van der Waals surface area contributed by atoms with E-state index < -0.39 is 9.84 Å². The molecule has 0 spiro atoms. The zero-order valence-corrected chi connectivity index (χ0v) is 16.7. The zero-order chi connectivity index (χ0) is 18.7. The van der Waals surface area contributed by atoms with Crippen LogP contribution in [-0.4, -0.2) is 48.9 Å². The van der Waals surface area contributed by atoms with Crippen molar-refractivity contribution < 1.29 is 13.2 Å². The molecule has 7 nitrogen and oxygen atoms in total. The first-order valence-corrected chi connectivity index (χ1v) is 11.5. The van der Waals surface area contributed by atoms with E-state index in [4.69, 9.17) is 0 Å². The number of nitrogens with one attached hydrogen (secondary N) is 2. The first-order chi connectivity index (χ1) is 12.4. The third kappa shape index (κ3) is 4.15. The van der Waals surface area contributed by atoms with Crippen molar-refractivity contribution in [3.63, 3.8) is 0 Å². The van der Waals surface area contributed by atoms with E-state index in [1.54, 1.807) is 0 Å². The second kappa shape index (κ2) is 7.87. The van der Waals surface area contributed by atoms with E-state index in [2.05, 4.69) is 27.5 Å². The number of rotatable bonds is 7. The molecule has 2 N–H and O–H groups in total. The molecule has 3 heterocycles. The highest BCUT2D eigenvalue weighted by Crippen LogP contribution is 2.33. The highest BCUT2D eigenvalue weighted by molar-refractivity contribution is 7.91. The third-order valence-electron chi connectivity index (χ3n) is 4.63. The molecule has 1 aliphatic rings. The highest BCUT2D eigenvalue weighted by Gasteiger charge is 2.28. The summed E-state index contributed by atoms with van der Waals surface area (Å²) < 4.78 is 23.2. The van der Waals surface area contributed by atoms with Crippen LogP contribution in [0.1, 0.15) is 41.4 Å². The van der Waals surface area contributed by atoms with E-state index in [-0.39, 0.29) is 23.3 Å². The fourth-order valence-corrected chi connectivity index (χ4v) is 6.08. The smallest absolute Gasteiger partial charge is 0.261 e. The van der Waals surface area contributed by atoms with Gasteiger partial charge in [-0.1, -0.05) is 13.3 Å². The standard InChI is InChI=1S/C17H24N4O3S2/c1-3-4-6-18-16(22)14-11(2)13-15(20-10-21-17(13)25-14)19-8-12-5-7-26(23,24)9-12/h10,12H,3-9H2,1-2H3,(H,18,22)(H,19,20,21)/t12-/m1/s1. The van der Waals surface area contributed by atoms with Crippen LogP contribution in [0.25, 0.3) is 10.2 Å². The number of carbonyl (C=O) groups is 1. The molecule has 142 valence electrons. The van der Waals surface area contributed by atoms with Crippen molar-refractivity contribution in [2.75, 3.05) is 29.9 Å². The van der Waals surface area contributed by atoms with Crippen LogP contribution >= 0.6 is 11.3 Å². The molecule has 0 radical (unpaired) electrons. The second-order valence-corrected chi connectivity index (χ2v) is 9.95. The Morgan fingerprint density at radius 1 is 1.38 bits per heavy atom. The van der Waals surface area contributed by atoms with Gasteiger partial charge in [-0.05, 0) is 31.2 Å². The summed E-state index contributed by atoms with van der Waals surface area (Å²) in [4.78, 5) is 22.5. The molecule has 0 unspecified atom stereocenters. The van der Waals surface area contributed by atoms with Crippen molar-refractivity contribution >= 4 is 43.1 Å². The second-order valence-electron chi connectivity index (χ2n) is 6.72. The van der Waals surface area contributed by atoms with Crippen LogP contribution in [0.5, 0.6) is 0 Å². The van der Waals surface area contributed by atoms with E-state index in [1.165, 1.54) is 17.7 Å². The predicted octanol–water partition coefficient (Wildman–Crippen LogP) is 2.38. The largest absolute Gasteiger partial charge is 0.369 e. The van der Waals surface area contributed by atoms with Crippen LogP contribution in [-0.2, 0) is 9.84 Å². The minimum atomic E-state index is -2.89. The number of anilines is 1. The maximum atomic E-state index is 12.4. The zero-order valence-electron chi connectivity index (χ0n) is 15.0. The Hall–Kier alpha value is -1.74. The Morgan fingerprint density at radius 2 is 2.19 bits per heavy atom. The summed E-state index contributed by atoms with van der Waals surface area (Å²) in [6, 6.07) is 0. The number of amides is 1. The van der Waals surface area contributed by atoms with Gasteiger partial charge < -0.3 is 10.6 Å². The lowest BCUT2D eigenvalue weighted by molar-refractivity contribution is 0.0956. The first kappa shape index (κ1) is 19.0. The lowest BCUT2D eigenvalue weighted by Gasteiger charge is -2.11. The van der Waals surface area contributed by atoms with Gasteiger partial charge in [0.2, 0.25) is 0 Å². The number of aromatic nitrogens is 2. The van der Waals surface area contributed by atoms with E-state index in [1.807, 2.05) is 6.92 Å². The number of nitrogens with zero attached hydrogens (tertiary/aromatic N) is 2. The summed E-state index contributed by atoms with van der Waals surface area (Å²) in [6.07, 6.45) is 4.14. The normalized spacial score (nSPS) is 18.9. The van der Waals surface area contributed by atoms with Crippen LogP contribution in [0.2, 0.25) is 0 Å². The van der Waals surface area contributed by atoms with Gasteiger partial charge in [-0.2, -0.15) is 0 Å². The van der Waals surface area contributed by atoms with Crippen molar-refractivity contribution in [2.24, 2.45) is 5.92 Å². The topological polar surface area (TPSA) is 101 Å². The number of unbranched alkanes of at least 4 members (excludes halogenated alkanes) is 1. The SMILES string of the molecule is CCCCNC(=O)c1sc2ncnc(NC[C@H]3CCS(=O)(=O)C3)c2c1C. The highest BCUT2D eigenvalue weighted by atomic mass is 32.2. The van der Waals surface area contributed by atoms with Crippen molar-refractivity contribution in [3.05, 3.63) is 16.8 Å². The average molecular weight is 397 g/mol. The summed E-state index contributed by atoms with van der Waals surface area (Å²) in [5, 5.41) is 7.06. The van der Waals surface area contributed by atoms with Gasteiger partial charge in [-0.25, -0.2) is 18.4 Å². The number of aryl methyl sites for hydroxylation is 1.